The molecule has 9 nitrogen and oxygen atoms in total. The van der Waals surface area contributed by atoms with Gasteiger partial charge in [0, 0.05) is 36.4 Å². The van der Waals surface area contributed by atoms with Crippen molar-refractivity contribution in [2.24, 2.45) is 0 Å². The predicted molar refractivity (Wildman–Crippen MR) is 95.1 cm³/mol. The number of esters is 1. The number of hydrogen-bond donors (Lipinski definition) is 1. The van der Waals surface area contributed by atoms with E-state index in [0.29, 0.717) is 24.6 Å². The SMILES string of the molecule is CCOc1ncccc1-c1ccc2nc(NC(=O)[C@@H]3CCC(=O)O3)nn2c1. The standard InChI is InChI=1S/C18H17N5O4/c1-2-26-17-12(4-3-9-19-17)11-5-7-14-20-18(22-23(14)10-11)21-16(25)13-6-8-15(24)27-13/h3-5,7,9-10,13H,2,6,8H2,1H3,(H,21,22,25)/t13-/m0/s1. The number of aromatic nitrogens is 4. The Bertz CT molecular complexity index is 1020. The number of anilines is 1. The molecule has 0 radical (unpaired) electrons. The van der Waals surface area contributed by atoms with E-state index >= 15 is 0 Å². The number of rotatable bonds is 5. The van der Waals surface area contributed by atoms with E-state index < -0.39 is 12.0 Å². The zero-order valence-corrected chi connectivity index (χ0v) is 14.6. The van der Waals surface area contributed by atoms with Crippen molar-refractivity contribution in [2.45, 2.75) is 25.9 Å². The van der Waals surface area contributed by atoms with Crippen LogP contribution >= 0.6 is 0 Å². The summed E-state index contributed by atoms with van der Waals surface area (Å²) >= 11 is 0. The third-order valence-corrected chi connectivity index (χ3v) is 4.11. The molecular weight excluding hydrogens is 350 g/mol. The molecule has 0 bridgehead atoms. The van der Waals surface area contributed by atoms with Crippen molar-refractivity contribution in [1.29, 1.82) is 0 Å². The fourth-order valence-corrected chi connectivity index (χ4v) is 2.86. The van der Waals surface area contributed by atoms with Crippen LogP contribution in [0.25, 0.3) is 16.8 Å². The van der Waals surface area contributed by atoms with E-state index in [1.165, 1.54) is 0 Å². The van der Waals surface area contributed by atoms with Crippen molar-refractivity contribution in [3.8, 4) is 17.0 Å². The highest BCUT2D eigenvalue weighted by Crippen LogP contribution is 2.28. The molecule has 4 rings (SSSR count). The molecule has 0 spiro atoms. The van der Waals surface area contributed by atoms with Gasteiger partial charge in [-0.25, -0.2) is 9.50 Å². The summed E-state index contributed by atoms with van der Waals surface area (Å²) in [4.78, 5) is 31.8. The molecule has 3 aromatic heterocycles. The number of nitrogens with one attached hydrogen (secondary N) is 1. The van der Waals surface area contributed by atoms with Gasteiger partial charge in [-0.05, 0) is 31.2 Å². The predicted octanol–water partition coefficient (Wildman–Crippen LogP) is 1.83. The Balaban J connectivity index is 1.59. The second-order valence-electron chi connectivity index (χ2n) is 5.95. The Kier molecular flexibility index (Phi) is 4.41. The van der Waals surface area contributed by atoms with Gasteiger partial charge in [0.25, 0.3) is 5.91 Å². The third kappa shape index (κ3) is 3.43. The van der Waals surface area contributed by atoms with E-state index in [0.717, 1.165) is 11.1 Å². The Morgan fingerprint density at radius 1 is 1.41 bits per heavy atom. The quantitative estimate of drug-likeness (QED) is 0.686. The van der Waals surface area contributed by atoms with Crippen LogP contribution in [0.2, 0.25) is 0 Å². The molecule has 1 atom stereocenters. The van der Waals surface area contributed by atoms with Crippen molar-refractivity contribution >= 4 is 23.5 Å². The largest absolute Gasteiger partial charge is 0.478 e. The van der Waals surface area contributed by atoms with Crippen molar-refractivity contribution in [2.75, 3.05) is 11.9 Å². The molecule has 1 aliphatic heterocycles. The van der Waals surface area contributed by atoms with Crippen molar-refractivity contribution in [1.82, 2.24) is 19.6 Å². The molecule has 1 aliphatic rings. The lowest BCUT2D eigenvalue weighted by molar-refractivity contribution is -0.146. The van der Waals surface area contributed by atoms with Gasteiger partial charge in [-0.2, -0.15) is 4.98 Å². The van der Waals surface area contributed by atoms with Gasteiger partial charge in [0.05, 0.1) is 6.61 Å². The van der Waals surface area contributed by atoms with Gasteiger partial charge < -0.3 is 9.47 Å². The molecule has 27 heavy (non-hydrogen) atoms. The Labute approximate surface area is 154 Å². The van der Waals surface area contributed by atoms with E-state index in [-0.39, 0.29) is 18.3 Å². The van der Waals surface area contributed by atoms with E-state index in [1.54, 1.807) is 23.0 Å². The molecule has 1 amide bonds. The molecule has 4 heterocycles. The van der Waals surface area contributed by atoms with E-state index in [4.69, 9.17) is 9.47 Å². The van der Waals surface area contributed by atoms with E-state index in [1.807, 2.05) is 25.1 Å². The van der Waals surface area contributed by atoms with Crippen LogP contribution in [-0.4, -0.2) is 44.2 Å². The summed E-state index contributed by atoms with van der Waals surface area (Å²) in [6.07, 6.45) is 3.28. The van der Waals surface area contributed by atoms with Gasteiger partial charge in [-0.1, -0.05) is 0 Å². The summed E-state index contributed by atoms with van der Waals surface area (Å²) in [5, 5.41) is 6.87. The lowest BCUT2D eigenvalue weighted by atomic mass is 10.1. The van der Waals surface area contributed by atoms with Crippen LogP contribution in [0.15, 0.2) is 36.7 Å². The Hall–Kier alpha value is -3.49. The zero-order valence-electron chi connectivity index (χ0n) is 14.6. The molecule has 9 heteroatoms. The van der Waals surface area contributed by atoms with Crippen molar-refractivity contribution < 1.29 is 19.1 Å². The first-order valence-corrected chi connectivity index (χ1v) is 8.59. The van der Waals surface area contributed by atoms with Gasteiger partial charge in [0.1, 0.15) is 0 Å². The number of nitrogens with zero attached hydrogens (tertiary/aromatic N) is 4. The number of ether oxygens (including phenoxy) is 2. The maximum atomic E-state index is 12.1. The second-order valence-corrected chi connectivity index (χ2v) is 5.95. The number of hydrogen-bond acceptors (Lipinski definition) is 7. The maximum Gasteiger partial charge on any atom is 0.306 e. The first kappa shape index (κ1) is 17.0. The van der Waals surface area contributed by atoms with Gasteiger partial charge in [-0.15, -0.1) is 5.10 Å². The van der Waals surface area contributed by atoms with Gasteiger partial charge in [0.2, 0.25) is 11.8 Å². The summed E-state index contributed by atoms with van der Waals surface area (Å²) < 4.78 is 12.1. The highest BCUT2D eigenvalue weighted by Gasteiger charge is 2.30. The molecule has 0 saturated carbocycles. The molecule has 138 valence electrons. The molecule has 1 N–H and O–H groups in total. The van der Waals surface area contributed by atoms with Crippen LogP contribution in [0.5, 0.6) is 5.88 Å². The van der Waals surface area contributed by atoms with Gasteiger partial charge in [0.15, 0.2) is 11.8 Å². The van der Waals surface area contributed by atoms with Crippen molar-refractivity contribution in [3.63, 3.8) is 0 Å². The first-order valence-electron chi connectivity index (χ1n) is 8.59. The summed E-state index contributed by atoms with van der Waals surface area (Å²) in [6, 6.07) is 7.41. The molecule has 1 fully saturated rings. The molecular formula is C18H17N5O4. The monoisotopic (exact) mass is 367 g/mol. The van der Waals surface area contributed by atoms with Crippen LogP contribution in [0, 0.1) is 0 Å². The van der Waals surface area contributed by atoms with Crippen LogP contribution in [0.3, 0.4) is 0 Å². The highest BCUT2D eigenvalue weighted by molar-refractivity contribution is 5.95. The number of pyridine rings is 2. The van der Waals surface area contributed by atoms with Gasteiger partial charge >= 0.3 is 5.97 Å². The zero-order chi connectivity index (χ0) is 18.8. The normalized spacial score (nSPS) is 16.3. The second kappa shape index (κ2) is 7.02. The first-order chi connectivity index (χ1) is 13.1. The molecule has 3 aromatic rings. The minimum Gasteiger partial charge on any atom is -0.478 e. The Morgan fingerprint density at radius 2 is 2.30 bits per heavy atom. The smallest absolute Gasteiger partial charge is 0.306 e. The van der Waals surface area contributed by atoms with Gasteiger partial charge in [-0.3, -0.25) is 14.9 Å². The highest BCUT2D eigenvalue weighted by atomic mass is 16.6. The van der Waals surface area contributed by atoms with Crippen LogP contribution in [0.4, 0.5) is 5.95 Å². The average Bonchev–Trinajstić information content (AvgIpc) is 3.27. The Morgan fingerprint density at radius 3 is 3.07 bits per heavy atom. The number of cyclic esters (lactones) is 1. The average molecular weight is 367 g/mol. The minimum absolute atomic E-state index is 0.149. The lowest BCUT2D eigenvalue weighted by Gasteiger charge is -2.08. The topological polar surface area (TPSA) is 108 Å². The van der Waals surface area contributed by atoms with Crippen LogP contribution in [0.1, 0.15) is 19.8 Å². The molecule has 1 saturated heterocycles. The summed E-state index contributed by atoms with van der Waals surface area (Å²) in [6.45, 7) is 2.41. The summed E-state index contributed by atoms with van der Waals surface area (Å²) in [5.41, 5.74) is 2.26. The number of amides is 1. The number of carbonyl (C=O) groups is 2. The fraction of sp³-hybridized carbons (Fsp3) is 0.278. The minimum atomic E-state index is -0.788. The third-order valence-electron chi connectivity index (χ3n) is 4.11. The molecule has 0 aromatic carbocycles. The van der Waals surface area contributed by atoms with E-state index in [2.05, 4.69) is 20.4 Å². The van der Waals surface area contributed by atoms with Crippen LogP contribution in [-0.2, 0) is 14.3 Å². The van der Waals surface area contributed by atoms with E-state index in [9.17, 15) is 9.59 Å². The summed E-state index contributed by atoms with van der Waals surface area (Å²) in [7, 11) is 0. The van der Waals surface area contributed by atoms with Crippen molar-refractivity contribution in [3.05, 3.63) is 36.7 Å². The summed E-state index contributed by atoms with van der Waals surface area (Å²) in [5.74, 6) is -0.112. The maximum absolute atomic E-state index is 12.1. The lowest BCUT2D eigenvalue weighted by Crippen LogP contribution is -2.27. The fourth-order valence-electron chi connectivity index (χ4n) is 2.86. The molecule has 0 aliphatic carbocycles. The molecule has 0 unspecified atom stereocenters. The van der Waals surface area contributed by atoms with Crippen LogP contribution < -0.4 is 10.1 Å². The number of fused-ring (bicyclic) bond motifs is 1. The number of carbonyl (C=O) groups excluding carboxylic acids is 2.